The molecule has 0 radical (unpaired) electrons. The van der Waals surface area contributed by atoms with Gasteiger partial charge in [-0.25, -0.2) is 4.98 Å². The van der Waals surface area contributed by atoms with Gasteiger partial charge in [0.05, 0.1) is 12.1 Å². The van der Waals surface area contributed by atoms with Gasteiger partial charge in [0.1, 0.15) is 6.10 Å². The summed E-state index contributed by atoms with van der Waals surface area (Å²) in [6, 6.07) is 13.1. The van der Waals surface area contributed by atoms with E-state index in [-0.39, 0.29) is 12.0 Å². The molecule has 1 aromatic carbocycles. The minimum atomic E-state index is 0.00587. The molecule has 2 aromatic rings. The van der Waals surface area contributed by atoms with Crippen LogP contribution in [0.15, 0.2) is 53.1 Å². The first-order chi connectivity index (χ1) is 10.2. The van der Waals surface area contributed by atoms with Crippen LogP contribution in [0.5, 0.6) is 5.88 Å². The van der Waals surface area contributed by atoms with Crippen LogP contribution in [0, 0.1) is 0 Å². The fourth-order valence-corrected chi connectivity index (χ4v) is 2.86. The van der Waals surface area contributed by atoms with Crippen LogP contribution in [0.25, 0.3) is 0 Å². The molecule has 1 aliphatic heterocycles. The van der Waals surface area contributed by atoms with E-state index in [4.69, 9.17) is 4.74 Å². The standard InChI is InChI=1S/C16H15BrN2O2/c17-14-6-2-1-5-13(14)16(20)19-10-8-12(11-19)21-15-7-3-4-9-18-15/h1-7,9,12H,8,10-11H2. The third-order valence-corrected chi connectivity index (χ3v) is 4.15. The Kier molecular flexibility index (Phi) is 4.20. The molecule has 1 unspecified atom stereocenters. The highest BCUT2D eigenvalue weighted by atomic mass is 79.9. The lowest BCUT2D eigenvalue weighted by Crippen LogP contribution is -2.31. The average molecular weight is 347 g/mol. The van der Waals surface area contributed by atoms with E-state index < -0.39 is 0 Å². The number of hydrogen-bond acceptors (Lipinski definition) is 3. The van der Waals surface area contributed by atoms with Crippen LogP contribution < -0.4 is 4.74 Å². The molecular formula is C16H15BrN2O2. The van der Waals surface area contributed by atoms with E-state index in [1.165, 1.54) is 0 Å². The number of ether oxygens (including phenoxy) is 1. The van der Waals surface area contributed by atoms with E-state index in [0.29, 0.717) is 24.5 Å². The zero-order chi connectivity index (χ0) is 14.7. The van der Waals surface area contributed by atoms with Gasteiger partial charge in [-0.3, -0.25) is 4.79 Å². The quantitative estimate of drug-likeness (QED) is 0.857. The number of carbonyl (C=O) groups excluding carboxylic acids is 1. The maximum Gasteiger partial charge on any atom is 0.255 e. The first-order valence-corrected chi connectivity index (χ1v) is 7.65. The molecule has 108 valence electrons. The number of halogens is 1. The van der Waals surface area contributed by atoms with Crippen molar-refractivity contribution in [2.24, 2.45) is 0 Å². The Balaban J connectivity index is 1.65. The van der Waals surface area contributed by atoms with Gasteiger partial charge in [0, 0.05) is 29.7 Å². The second-order valence-electron chi connectivity index (χ2n) is 4.93. The third-order valence-electron chi connectivity index (χ3n) is 3.46. The topological polar surface area (TPSA) is 42.4 Å². The summed E-state index contributed by atoms with van der Waals surface area (Å²) in [6.45, 7) is 1.30. The average Bonchev–Trinajstić information content (AvgIpc) is 2.97. The highest BCUT2D eigenvalue weighted by molar-refractivity contribution is 9.10. The van der Waals surface area contributed by atoms with Gasteiger partial charge >= 0.3 is 0 Å². The summed E-state index contributed by atoms with van der Waals surface area (Å²) in [4.78, 5) is 18.5. The Hall–Kier alpha value is -1.88. The number of likely N-dealkylation sites (tertiary alicyclic amines) is 1. The molecule has 2 heterocycles. The molecule has 0 spiro atoms. The van der Waals surface area contributed by atoms with Gasteiger partial charge in [-0.15, -0.1) is 0 Å². The van der Waals surface area contributed by atoms with Crippen molar-refractivity contribution in [2.45, 2.75) is 12.5 Å². The molecule has 1 amide bonds. The van der Waals surface area contributed by atoms with Crippen molar-refractivity contribution in [3.05, 3.63) is 58.7 Å². The predicted molar refractivity (Wildman–Crippen MR) is 83.3 cm³/mol. The molecule has 1 aliphatic rings. The lowest BCUT2D eigenvalue weighted by Gasteiger charge is -2.17. The molecule has 1 aromatic heterocycles. The van der Waals surface area contributed by atoms with E-state index >= 15 is 0 Å². The van der Waals surface area contributed by atoms with Crippen LogP contribution in [0.4, 0.5) is 0 Å². The second kappa shape index (κ2) is 6.26. The van der Waals surface area contributed by atoms with Gasteiger partial charge in [-0.05, 0) is 34.1 Å². The summed E-state index contributed by atoms with van der Waals surface area (Å²) < 4.78 is 6.63. The third kappa shape index (κ3) is 3.24. The second-order valence-corrected chi connectivity index (χ2v) is 5.78. The largest absolute Gasteiger partial charge is 0.472 e. The molecule has 1 saturated heterocycles. The van der Waals surface area contributed by atoms with Crippen LogP contribution in [0.1, 0.15) is 16.8 Å². The Morgan fingerprint density at radius 3 is 2.81 bits per heavy atom. The maximum atomic E-state index is 12.5. The van der Waals surface area contributed by atoms with Crippen LogP contribution in [-0.4, -0.2) is 35.0 Å². The van der Waals surface area contributed by atoms with E-state index in [0.717, 1.165) is 10.9 Å². The zero-order valence-corrected chi connectivity index (χ0v) is 13.0. The van der Waals surface area contributed by atoms with Crippen molar-refractivity contribution in [1.29, 1.82) is 0 Å². The maximum absolute atomic E-state index is 12.5. The molecule has 0 aliphatic carbocycles. The lowest BCUT2D eigenvalue weighted by atomic mass is 10.2. The summed E-state index contributed by atoms with van der Waals surface area (Å²) in [7, 11) is 0. The zero-order valence-electron chi connectivity index (χ0n) is 11.4. The number of pyridine rings is 1. The van der Waals surface area contributed by atoms with Gasteiger partial charge < -0.3 is 9.64 Å². The molecule has 5 heteroatoms. The Morgan fingerprint density at radius 2 is 2.05 bits per heavy atom. The summed E-state index contributed by atoms with van der Waals surface area (Å²) >= 11 is 3.42. The van der Waals surface area contributed by atoms with Crippen molar-refractivity contribution in [1.82, 2.24) is 9.88 Å². The molecule has 0 bridgehead atoms. The van der Waals surface area contributed by atoms with Crippen LogP contribution in [0.3, 0.4) is 0 Å². The Labute approximate surface area is 131 Å². The highest BCUT2D eigenvalue weighted by Gasteiger charge is 2.29. The summed E-state index contributed by atoms with van der Waals surface area (Å²) in [5.74, 6) is 0.646. The van der Waals surface area contributed by atoms with Gasteiger partial charge in [-0.2, -0.15) is 0 Å². The summed E-state index contributed by atoms with van der Waals surface area (Å²) in [5.41, 5.74) is 0.691. The fourth-order valence-electron chi connectivity index (χ4n) is 2.40. The number of rotatable bonds is 3. The molecule has 4 nitrogen and oxygen atoms in total. The number of aromatic nitrogens is 1. The van der Waals surface area contributed by atoms with E-state index in [2.05, 4.69) is 20.9 Å². The molecule has 1 fully saturated rings. The van der Waals surface area contributed by atoms with Crippen molar-refractivity contribution in [2.75, 3.05) is 13.1 Å². The van der Waals surface area contributed by atoms with Crippen LogP contribution >= 0.6 is 15.9 Å². The summed E-state index contributed by atoms with van der Waals surface area (Å²) in [6.07, 6.45) is 2.53. The van der Waals surface area contributed by atoms with Crippen molar-refractivity contribution >= 4 is 21.8 Å². The lowest BCUT2D eigenvalue weighted by molar-refractivity contribution is 0.0770. The SMILES string of the molecule is O=C(c1ccccc1Br)N1CCC(Oc2ccccn2)C1. The first-order valence-electron chi connectivity index (χ1n) is 6.85. The highest BCUT2D eigenvalue weighted by Crippen LogP contribution is 2.22. The number of carbonyl (C=O) groups is 1. The molecular weight excluding hydrogens is 332 g/mol. The molecule has 0 saturated carbocycles. The van der Waals surface area contributed by atoms with Crippen molar-refractivity contribution in [3.63, 3.8) is 0 Å². The minimum absolute atomic E-state index is 0.00587. The number of hydrogen-bond donors (Lipinski definition) is 0. The summed E-state index contributed by atoms with van der Waals surface area (Å²) in [5, 5.41) is 0. The Morgan fingerprint density at radius 1 is 1.24 bits per heavy atom. The first kappa shape index (κ1) is 14.1. The smallest absolute Gasteiger partial charge is 0.255 e. The van der Waals surface area contributed by atoms with Crippen molar-refractivity contribution in [3.8, 4) is 5.88 Å². The Bertz CT molecular complexity index is 633. The molecule has 1 atom stereocenters. The van der Waals surface area contributed by atoms with Gasteiger partial charge in [0.15, 0.2) is 0 Å². The molecule has 0 N–H and O–H groups in total. The minimum Gasteiger partial charge on any atom is -0.472 e. The number of nitrogens with zero attached hydrogens (tertiary/aromatic N) is 2. The monoisotopic (exact) mass is 346 g/mol. The van der Waals surface area contributed by atoms with Crippen molar-refractivity contribution < 1.29 is 9.53 Å². The van der Waals surface area contributed by atoms with E-state index in [1.807, 2.05) is 47.4 Å². The van der Waals surface area contributed by atoms with E-state index in [1.54, 1.807) is 6.20 Å². The van der Waals surface area contributed by atoms with E-state index in [9.17, 15) is 4.79 Å². The van der Waals surface area contributed by atoms with Crippen LogP contribution in [0.2, 0.25) is 0 Å². The molecule has 21 heavy (non-hydrogen) atoms. The number of benzene rings is 1. The predicted octanol–water partition coefficient (Wildman–Crippen LogP) is 3.14. The van der Waals surface area contributed by atoms with Gasteiger partial charge in [-0.1, -0.05) is 18.2 Å². The molecule has 3 rings (SSSR count). The van der Waals surface area contributed by atoms with Crippen LogP contribution in [-0.2, 0) is 0 Å². The normalized spacial score (nSPS) is 17.8. The van der Waals surface area contributed by atoms with Gasteiger partial charge in [0.2, 0.25) is 5.88 Å². The number of amides is 1. The fraction of sp³-hybridized carbons (Fsp3) is 0.250. The van der Waals surface area contributed by atoms with Gasteiger partial charge in [0.25, 0.3) is 5.91 Å².